The molecule has 2 fully saturated rings. The number of amides is 1. The van der Waals surface area contributed by atoms with E-state index in [1.54, 1.807) is 4.90 Å². The van der Waals surface area contributed by atoms with Crippen LogP contribution >= 0.6 is 0 Å². The topological polar surface area (TPSA) is 104 Å². The van der Waals surface area contributed by atoms with Crippen molar-refractivity contribution in [2.45, 2.75) is 55.4 Å². The fraction of sp³-hybridized carbons (Fsp3) is 0.520. The number of nitrogens with zero attached hydrogens (tertiary/aromatic N) is 5. The Hall–Kier alpha value is -3.01. The quantitative estimate of drug-likeness (QED) is 0.590. The monoisotopic (exact) mass is 494 g/mol. The number of aryl methyl sites for hydroxylation is 1. The van der Waals surface area contributed by atoms with E-state index < -0.39 is 10.8 Å². The van der Waals surface area contributed by atoms with Crippen molar-refractivity contribution >= 4 is 39.6 Å². The molecule has 10 heteroatoms. The summed E-state index contributed by atoms with van der Waals surface area (Å²) in [4.78, 5) is 31.1. The average Bonchev–Trinajstić information content (AvgIpc) is 3.46. The minimum absolute atomic E-state index is 0.0888. The second kappa shape index (κ2) is 8.58. The summed E-state index contributed by atoms with van der Waals surface area (Å²) < 4.78 is 18.9. The number of hydrogen-bond donors (Lipinski definition) is 1. The smallest absolute Gasteiger partial charge is 0.227 e. The van der Waals surface area contributed by atoms with Gasteiger partial charge in [0.15, 0.2) is 5.58 Å². The molecule has 2 aromatic heterocycles. The predicted molar refractivity (Wildman–Crippen MR) is 134 cm³/mol. The number of nitrogens with one attached hydrogen (secondary N) is 1. The van der Waals surface area contributed by atoms with E-state index in [1.165, 1.54) is 0 Å². The molecule has 0 saturated carbocycles. The number of fused-ring (bicyclic) bond motifs is 2. The summed E-state index contributed by atoms with van der Waals surface area (Å²) >= 11 is 0. The fourth-order valence-corrected chi connectivity index (χ4v) is 6.60. The molecule has 184 valence electrons. The van der Waals surface area contributed by atoms with Gasteiger partial charge in [0.05, 0.1) is 16.5 Å². The van der Waals surface area contributed by atoms with Crippen molar-refractivity contribution in [1.82, 2.24) is 19.9 Å². The van der Waals surface area contributed by atoms with Crippen LogP contribution in [0.5, 0.6) is 0 Å². The van der Waals surface area contributed by atoms with Gasteiger partial charge in [-0.3, -0.25) is 9.00 Å². The summed E-state index contributed by atoms with van der Waals surface area (Å²) in [5.74, 6) is 2.89. The van der Waals surface area contributed by atoms with Crippen LogP contribution in [0.25, 0.3) is 11.1 Å². The van der Waals surface area contributed by atoms with Gasteiger partial charge in [-0.05, 0) is 31.4 Å². The molecule has 6 rings (SSSR count). The lowest BCUT2D eigenvalue weighted by Crippen LogP contribution is -2.44. The van der Waals surface area contributed by atoms with Crippen LogP contribution in [0, 0.1) is 0 Å². The van der Waals surface area contributed by atoms with Gasteiger partial charge in [0, 0.05) is 56.7 Å². The van der Waals surface area contributed by atoms with Gasteiger partial charge in [-0.2, -0.15) is 4.98 Å². The number of piperidine rings is 2. The third kappa shape index (κ3) is 4.07. The van der Waals surface area contributed by atoms with Gasteiger partial charge in [-0.1, -0.05) is 19.1 Å². The van der Waals surface area contributed by atoms with E-state index in [4.69, 9.17) is 19.4 Å². The molecule has 1 N–H and O–H groups in total. The Kier molecular flexibility index (Phi) is 5.51. The van der Waals surface area contributed by atoms with Crippen LogP contribution in [0.2, 0.25) is 0 Å². The van der Waals surface area contributed by atoms with Crippen LogP contribution < -0.4 is 10.2 Å². The number of carbonyl (C=O) groups excluding carboxylic acids is 1. The number of likely N-dealkylation sites (tertiary alicyclic amines) is 1. The molecule has 3 aliphatic heterocycles. The highest BCUT2D eigenvalue weighted by Crippen LogP contribution is 2.38. The second-order valence-corrected chi connectivity index (χ2v) is 11.6. The third-order valence-electron chi connectivity index (χ3n) is 7.60. The van der Waals surface area contributed by atoms with E-state index >= 15 is 0 Å². The minimum atomic E-state index is -1.10. The number of para-hydroxylation sites is 2. The summed E-state index contributed by atoms with van der Waals surface area (Å²) in [6.07, 6.45) is 3.72. The molecule has 2 atom stereocenters. The van der Waals surface area contributed by atoms with E-state index in [0.29, 0.717) is 36.9 Å². The Balaban J connectivity index is 1.23. The Morgan fingerprint density at radius 2 is 1.94 bits per heavy atom. The molecule has 0 radical (unpaired) electrons. The SMILES string of the molecule is CN1C[C@@H](Nc2nc(N3CCC(C)(c4nc5ccccc5o4)CC3)nc3c2S(=O)CC3)CCC1=O. The number of hydrogen-bond acceptors (Lipinski definition) is 8. The number of aromatic nitrogens is 3. The highest BCUT2D eigenvalue weighted by Gasteiger charge is 2.38. The summed E-state index contributed by atoms with van der Waals surface area (Å²) in [5, 5.41) is 3.51. The Morgan fingerprint density at radius 1 is 1.14 bits per heavy atom. The molecule has 0 bridgehead atoms. The number of likely N-dealkylation sites (N-methyl/N-ethyl adjacent to an activating group) is 1. The molecule has 1 aromatic carbocycles. The first-order chi connectivity index (χ1) is 16.9. The van der Waals surface area contributed by atoms with Crippen molar-refractivity contribution in [2.75, 3.05) is 42.7 Å². The molecular weight excluding hydrogens is 464 g/mol. The number of carbonyl (C=O) groups is 1. The van der Waals surface area contributed by atoms with E-state index in [-0.39, 0.29) is 17.4 Å². The van der Waals surface area contributed by atoms with Gasteiger partial charge >= 0.3 is 0 Å². The van der Waals surface area contributed by atoms with Crippen LogP contribution in [-0.2, 0) is 27.4 Å². The second-order valence-electron chi connectivity index (χ2n) is 10.1. The first kappa shape index (κ1) is 22.5. The summed E-state index contributed by atoms with van der Waals surface area (Å²) in [6, 6.07) is 7.98. The first-order valence-electron chi connectivity index (χ1n) is 12.3. The van der Waals surface area contributed by atoms with Gasteiger partial charge in [0.25, 0.3) is 0 Å². The summed E-state index contributed by atoms with van der Waals surface area (Å²) in [5.41, 5.74) is 2.45. The molecule has 2 saturated heterocycles. The average molecular weight is 495 g/mol. The van der Waals surface area contributed by atoms with Crippen LogP contribution in [0.3, 0.4) is 0 Å². The molecule has 3 aromatic rings. The highest BCUT2D eigenvalue weighted by atomic mass is 32.2. The number of oxazole rings is 1. The lowest BCUT2D eigenvalue weighted by atomic mass is 9.80. The van der Waals surface area contributed by atoms with Crippen LogP contribution in [-0.4, -0.2) is 68.4 Å². The van der Waals surface area contributed by atoms with Gasteiger partial charge in [-0.15, -0.1) is 0 Å². The zero-order valence-electron chi connectivity index (χ0n) is 20.1. The van der Waals surface area contributed by atoms with Crippen molar-refractivity contribution in [1.29, 1.82) is 0 Å². The zero-order chi connectivity index (χ0) is 24.2. The van der Waals surface area contributed by atoms with Crippen molar-refractivity contribution < 1.29 is 13.4 Å². The molecule has 5 heterocycles. The fourth-order valence-electron chi connectivity index (χ4n) is 5.29. The molecule has 9 nitrogen and oxygen atoms in total. The van der Waals surface area contributed by atoms with Crippen molar-refractivity contribution in [3.63, 3.8) is 0 Å². The molecular formula is C25H30N6O3S. The third-order valence-corrected chi connectivity index (χ3v) is 9.06. The maximum atomic E-state index is 12.7. The van der Waals surface area contributed by atoms with Gasteiger partial charge < -0.3 is 19.5 Å². The molecule has 1 amide bonds. The lowest BCUT2D eigenvalue weighted by Gasteiger charge is -2.37. The maximum absolute atomic E-state index is 12.7. The highest BCUT2D eigenvalue weighted by molar-refractivity contribution is 7.85. The van der Waals surface area contributed by atoms with Crippen LogP contribution in [0.15, 0.2) is 33.6 Å². The Bertz CT molecular complexity index is 1280. The first-order valence-corrected chi connectivity index (χ1v) is 13.6. The number of anilines is 2. The largest absolute Gasteiger partial charge is 0.440 e. The minimum Gasteiger partial charge on any atom is -0.440 e. The molecule has 0 spiro atoms. The Labute approximate surface area is 206 Å². The van der Waals surface area contributed by atoms with Crippen LogP contribution in [0.1, 0.15) is 44.2 Å². The lowest BCUT2D eigenvalue weighted by molar-refractivity contribution is -0.132. The van der Waals surface area contributed by atoms with E-state index in [1.807, 2.05) is 31.3 Å². The number of benzene rings is 1. The predicted octanol–water partition coefficient (Wildman–Crippen LogP) is 2.87. The molecule has 3 aliphatic rings. The summed E-state index contributed by atoms with van der Waals surface area (Å²) in [6.45, 7) is 4.41. The van der Waals surface area contributed by atoms with E-state index in [9.17, 15) is 9.00 Å². The molecule has 1 unspecified atom stereocenters. The standard InChI is InChI=1S/C25H30N6O3S/c1-25(23-27-17-5-3-4-6-19(17)34-23)10-12-31(13-11-25)24-28-18-9-14-35(33)21(18)22(29-24)26-16-7-8-20(32)30(2)15-16/h3-6,16H,7-15H2,1-2H3,(H,26,28,29)/t16-,35?/m0/s1. The van der Waals surface area contributed by atoms with E-state index in [0.717, 1.165) is 59.9 Å². The maximum Gasteiger partial charge on any atom is 0.227 e. The van der Waals surface area contributed by atoms with Crippen molar-refractivity contribution in [3.8, 4) is 0 Å². The zero-order valence-corrected chi connectivity index (χ0v) is 20.9. The van der Waals surface area contributed by atoms with Gasteiger partial charge in [-0.25, -0.2) is 9.97 Å². The van der Waals surface area contributed by atoms with Crippen molar-refractivity contribution in [2.24, 2.45) is 0 Å². The van der Waals surface area contributed by atoms with Crippen molar-refractivity contribution in [3.05, 3.63) is 35.9 Å². The molecule has 0 aliphatic carbocycles. The normalized spacial score (nSPS) is 24.1. The molecule has 35 heavy (non-hydrogen) atoms. The van der Waals surface area contributed by atoms with E-state index in [2.05, 4.69) is 17.1 Å². The van der Waals surface area contributed by atoms with Gasteiger partial charge in [0.2, 0.25) is 17.7 Å². The summed E-state index contributed by atoms with van der Waals surface area (Å²) in [7, 11) is 0.730. The Morgan fingerprint density at radius 3 is 2.71 bits per heavy atom. The van der Waals surface area contributed by atoms with Gasteiger partial charge in [0.1, 0.15) is 16.2 Å². The van der Waals surface area contributed by atoms with Crippen LogP contribution in [0.4, 0.5) is 11.8 Å². The number of rotatable bonds is 4.